The van der Waals surface area contributed by atoms with E-state index in [0.717, 1.165) is 5.69 Å². The molecule has 0 saturated heterocycles. The van der Waals surface area contributed by atoms with Crippen LogP contribution in [-0.2, 0) is 12.6 Å². The molecule has 10 heteroatoms. The molecule has 2 aromatic rings. The van der Waals surface area contributed by atoms with Gasteiger partial charge in [0.05, 0.1) is 27.0 Å². The maximum Gasteiger partial charge on any atom is 0.284 e. The average Bonchev–Trinajstić information content (AvgIpc) is 3.22. The second kappa shape index (κ2) is 7.92. The van der Waals surface area contributed by atoms with Gasteiger partial charge in [0, 0.05) is 17.8 Å². The molecule has 0 radical (unpaired) electrons. The summed E-state index contributed by atoms with van der Waals surface area (Å²) in [6.45, 7) is 7.77. The molecule has 3 heterocycles. The van der Waals surface area contributed by atoms with Crippen molar-refractivity contribution >= 4 is 34.8 Å². The summed E-state index contributed by atoms with van der Waals surface area (Å²) in [4.78, 5) is 22.2. The highest BCUT2D eigenvalue weighted by molar-refractivity contribution is 6.40. The molecule has 0 spiro atoms. The second-order valence-corrected chi connectivity index (χ2v) is 9.92. The minimum Gasteiger partial charge on any atom is -0.343 e. The van der Waals surface area contributed by atoms with Crippen LogP contribution in [0.15, 0.2) is 29.1 Å². The quantitative estimate of drug-likeness (QED) is 0.401. The SMILES string of the molecule is CC(C)c1[nH]n(-c2c(Cl)cc(Cl)cc2Cl)c2nc(-c3ccc(C(C)(C)N)n3C)nc(=O)c1-2. The van der Waals surface area contributed by atoms with Crippen LogP contribution in [0.5, 0.6) is 0 Å². The maximum atomic E-state index is 13.2. The van der Waals surface area contributed by atoms with E-state index < -0.39 is 5.54 Å². The van der Waals surface area contributed by atoms with Gasteiger partial charge in [0.25, 0.3) is 5.56 Å². The van der Waals surface area contributed by atoms with Crippen molar-refractivity contribution in [2.75, 3.05) is 0 Å². The zero-order valence-corrected chi connectivity index (χ0v) is 20.6. The summed E-state index contributed by atoms with van der Waals surface area (Å²) in [5, 5.41) is 4.30. The predicted octanol–water partition coefficient (Wildman–Crippen LogP) is 5.34. The maximum absolute atomic E-state index is 13.2. The zero-order valence-electron chi connectivity index (χ0n) is 18.3. The van der Waals surface area contributed by atoms with Crippen molar-refractivity contribution in [3.05, 3.63) is 61.1 Å². The van der Waals surface area contributed by atoms with E-state index in [1.807, 2.05) is 51.4 Å². The lowest BCUT2D eigenvalue weighted by Crippen LogP contribution is -2.31. The number of hydrogen-bond acceptors (Lipinski definition) is 4. The van der Waals surface area contributed by atoms with Gasteiger partial charge in [0.2, 0.25) is 0 Å². The monoisotopic (exact) mass is 492 g/mol. The fourth-order valence-electron chi connectivity index (χ4n) is 3.88. The second-order valence-electron chi connectivity index (χ2n) is 8.67. The lowest BCUT2D eigenvalue weighted by molar-refractivity contribution is 0.514. The molecule has 0 atom stereocenters. The van der Waals surface area contributed by atoms with Gasteiger partial charge in [0.15, 0.2) is 11.6 Å². The molecule has 7 nitrogen and oxygen atoms in total. The zero-order chi connectivity index (χ0) is 23.5. The molecule has 4 rings (SSSR count). The highest BCUT2D eigenvalue weighted by Crippen LogP contribution is 2.37. The summed E-state index contributed by atoms with van der Waals surface area (Å²) < 4.78 is 3.51. The first-order valence-electron chi connectivity index (χ1n) is 10.0. The Morgan fingerprint density at radius 3 is 2.25 bits per heavy atom. The van der Waals surface area contributed by atoms with Crippen LogP contribution < -0.4 is 11.3 Å². The van der Waals surface area contributed by atoms with Crippen molar-refractivity contribution in [2.24, 2.45) is 12.8 Å². The molecule has 0 bridgehead atoms. The summed E-state index contributed by atoms with van der Waals surface area (Å²) in [6, 6.07) is 6.94. The van der Waals surface area contributed by atoms with E-state index in [0.29, 0.717) is 43.5 Å². The van der Waals surface area contributed by atoms with Crippen LogP contribution in [-0.4, -0.2) is 24.3 Å². The number of nitrogens with two attached hydrogens (primary N) is 1. The molecular weight excluding hydrogens is 471 g/mol. The van der Waals surface area contributed by atoms with Crippen molar-refractivity contribution < 1.29 is 0 Å². The Balaban J connectivity index is 2.04. The minimum absolute atomic E-state index is 0.00503. The van der Waals surface area contributed by atoms with Gasteiger partial charge in [-0.1, -0.05) is 48.7 Å². The topological polar surface area (TPSA) is 94.5 Å². The number of benzene rings is 1. The van der Waals surface area contributed by atoms with Crippen molar-refractivity contribution in [3.8, 4) is 28.6 Å². The van der Waals surface area contributed by atoms with Gasteiger partial charge in [-0.15, -0.1) is 0 Å². The number of hydrogen-bond donors (Lipinski definition) is 2. The molecular formula is C22H23Cl3N6O. The Morgan fingerprint density at radius 1 is 1.09 bits per heavy atom. The molecule has 0 aliphatic carbocycles. The van der Waals surface area contributed by atoms with Crippen molar-refractivity contribution in [1.29, 1.82) is 0 Å². The number of fused-ring (bicyclic) bond motifs is 1. The Hall–Kier alpha value is -2.32. The van der Waals surface area contributed by atoms with Gasteiger partial charge in [-0.3, -0.25) is 9.89 Å². The van der Waals surface area contributed by atoms with Gasteiger partial charge >= 0.3 is 0 Å². The van der Waals surface area contributed by atoms with E-state index in [1.54, 1.807) is 16.8 Å². The van der Waals surface area contributed by atoms with Crippen molar-refractivity contribution in [1.82, 2.24) is 24.3 Å². The number of H-pyrrole nitrogens is 1. The molecule has 0 fully saturated rings. The van der Waals surface area contributed by atoms with Crippen molar-refractivity contribution in [2.45, 2.75) is 39.2 Å². The number of halogens is 3. The third-order valence-electron chi connectivity index (χ3n) is 5.36. The first-order valence-corrected chi connectivity index (χ1v) is 11.2. The third-order valence-corrected chi connectivity index (χ3v) is 6.16. The average molecular weight is 494 g/mol. The van der Waals surface area contributed by atoms with Gasteiger partial charge in [-0.25, -0.2) is 9.67 Å². The van der Waals surface area contributed by atoms with Crippen LogP contribution in [0.4, 0.5) is 0 Å². The summed E-state index contributed by atoms with van der Waals surface area (Å²) in [7, 11) is 1.87. The van der Waals surface area contributed by atoms with E-state index in [-0.39, 0.29) is 17.3 Å². The third kappa shape index (κ3) is 3.73. The number of nitrogens with one attached hydrogen (secondary N) is 1. The molecule has 0 saturated carbocycles. The Labute approximate surface area is 200 Å². The molecule has 0 unspecified atom stereocenters. The predicted molar refractivity (Wildman–Crippen MR) is 129 cm³/mol. The summed E-state index contributed by atoms with van der Waals surface area (Å²) >= 11 is 19.1. The van der Waals surface area contributed by atoms with Gasteiger partial charge < -0.3 is 10.3 Å². The summed E-state index contributed by atoms with van der Waals surface area (Å²) in [6.07, 6.45) is 0. The number of rotatable bonds is 4. The Bertz CT molecular complexity index is 1340. The standard InChI is InChI=1S/C22H23Cl3N6O/c1-10(2)17-16-20(31(29-17)18-12(24)8-11(23)9-13(18)25)27-19(28-21(16)32)14-6-7-15(30(14)5)22(3,4)26/h6-10,29H,26H2,1-5H3. The van der Waals surface area contributed by atoms with E-state index in [1.165, 1.54) is 0 Å². The highest BCUT2D eigenvalue weighted by atomic mass is 35.5. The van der Waals surface area contributed by atoms with E-state index in [9.17, 15) is 4.79 Å². The molecule has 168 valence electrons. The lowest BCUT2D eigenvalue weighted by Gasteiger charge is -2.20. The Morgan fingerprint density at radius 2 is 1.72 bits per heavy atom. The van der Waals surface area contributed by atoms with Crippen LogP contribution in [0.3, 0.4) is 0 Å². The van der Waals surface area contributed by atoms with Crippen LogP contribution in [0.1, 0.15) is 45.0 Å². The molecule has 2 aliphatic heterocycles. The van der Waals surface area contributed by atoms with Gasteiger partial charge in [-0.2, -0.15) is 4.98 Å². The molecule has 3 N–H and O–H groups in total. The summed E-state index contributed by atoms with van der Waals surface area (Å²) in [5.74, 6) is 0.666. The van der Waals surface area contributed by atoms with Crippen LogP contribution >= 0.6 is 34.8 Å². The lowest BCUT2D eigenvalue weighted by atomic mass is 10.0. The molecule has 1 aromatic carbocycles. The Kier molecular flexibility index (Phi) is 5.66. The number of aromatic nitrogens is 5. The smallest absolute Gasteiger partial charge is 0.284 e. The molecule has 2 aliphatic rings. The normalized spacial score (nSPS) is 12.3. The minimum atomic E-state index is -0.569. The first-order chi connectivity index (χ1) is 14.9. The van der Waals surface area contributed by atoms with Gasteiger partial charge in [0.1, 0.15) is 11.3 Å². The fourth-order valence-corrected chi connectivity index (χ4v) is 4.87. The van der Waals surface area contributed by atoms with E-state index in [4.69, 9.17) is 45.5 Å². The summed E-state index contributed by atoms with van der Waals surface area (Å²) in [5.41, 5.74) is 8.41. The van der Waals surface area contributed by atoms with Crippen LogP contribution in [0.2, 0.25) is 15.1 Å². The molecule has 32 heavy (non-hydrogen) atoms. The first kappa shape index (κ1) is 22.9. The molecule has 0 amide bonds. The highest BCUT2D eigenvalue weighted by Gasteiger charge is 2.28. The molecule has 1 aromatic heterocycles. The number of aromatic amines is 1. The van der Waals surface area contributed by atoms with Crippen molar-refractivity contribution in [3.63, 3.8) is 0 Å². The fraction of sp³-hybridized carbons (Fsp3) is 0.318. The van der Waals surface area contributed by atoms with Crippen LogP contribution in [0, 0.1) is 0 Å². The van der Waals surface area contributed by atoms with E-state index in [2.05, 4.69) is 10.1 Å². The van der Waals surface area contributed by atoms with Gasteiger partial charge in [-0.05, 0) is 44.0 Å². The van der Waals surface area contributed by atoms with E-state index >= 15 is 0 Å². The largest absolute Gasteiger partial charge is 0.343 e. The van der Waals surface area contributed by atoms with Crippen LogP contribution in [0.25, 0.3) is 28.6 Å². The number of nitrogens with zero attached hydrogens (tertiary/aromatic N) is 4.